The van der Waals surface area contributed by atoms with Crippen molar-refractivity contribution in [1.29, 1.82) is 0 Å². The Morgan fingerprint density at radius 2 is 2.33 bits per heavy atom. The van der Waals surface area contributed by atoms with E-state index in [4.69, 9.17) is 4.74 Å². The molecule has 1 heterocycles. The van der Waals surface area contributed by atoms with E-state index in [0.717, 1.165) is 13.0 Å². The number of halogens is 1. The second-order valence-electron chi connectivity index (χ2n) is 3.92. The van der Waals surface area contributed by atoms with E-state index < -0.39 is 0 Å². The minimum atomic E-state index is -0.246. The van der Waals surface area contributed by atoms with Crippen molar-refractivity contribution in [2.24, 2.45) is 0 Å². The Morgan fingerprint density at radius 1 is 1.40 bits per heavy atom. The summed E-state index contributed by atoms with van der Waals surface area (Å²) in [4.78, 5) is 0. The average molecular weight is 209 g/mol. The topological polar surface area (TPSA) is 21.3 Å². The van der Waals surface area contributed by atoms with E-state index in [1.54, 1.807) is 12.1 Å². The monoisotopic (exact) mass is 209 g/mol. The Balaban J connectivity index is 1.81. The summed E-state index contributed by atoms with van der Waals surface area (Å²) in [6.45, 7) is 1.70. The lowest BCUT2D eigenvalue weighted by molar-refractivity contribution is 0.238. The molecule has 0 unspecified atom stereocenters. The lowest BCUT2D eigenvalue weighted by Gasteiger charge is -2.23. The van der Waals surface area contributed by atoms with E-state index in [1.165, 1.54) is 25.0 Å². The molecule has 1 N–H and O–H groups in total. The third-order valence-electron chi connectivity index (χ3n) is 2.66. The highest BCUT2D eigenvalue weighted by molar-refractivity contribution is 5.22. The van der Waals surface area contributed by atoms with Crippen molar-refractivity contribution < 1.29 is 9.13 Å². The van der Waals surface area contributed by atoms with Gasteiger partial charge in [0.15, 0.2) is 0 Å². The lowest BCUT2D eigenvalue weighted by atomic mass is 10.1. The molecule has 3 heteroatoms. The van der Waals surface area contributed by atoms with Gasteiger partial charge < -0.3 is 10.1 Å². The first-order valence-electron chi connectivity index (χ1n) is 5.46. The van der Waals surface area contributed by atoms with Crippen molar-refractivity contribution in [3.05, 3.63) is 30.1 Å². The first-order chi connectivity index (χ1) is 7.34. The summed E-state index contributed by atoms with van der Waals surface area (Å²) in [5, 5.41) is 3.39. The number of hydrogen-bond acceptors (Lipinski definition) is 2. The maximum Gasteiger partial charge on any atom is 0.126 e. The first-order valence-corrected chi connectivity index (χ1v) is 5.46. The fraction of sp³-hybridized carbons (Fsp3) is 0.500. The number of benzene rings is 1. The van der Waals surface area contributed by atoms with Crippen LogP contribution in [0.25, 0.3) is 0 Å². The van der Waals surface area contributed by atoms with Crippen molar-refractivity contribution in [3.8, 4) is 5.75 Å². The van der Waals surface area contributed by atoms with E-state index in [1.807, 2.05) is 0 Å². The van der Waals surface area contributed by atoms with Crippen LogP contribution in [-0.2, 0) is 0 Å². The van der Waals surface area contributed by atoms with Gasteiger partial charge in [-0.15, -0.1) is 0 Å². The number of nitrogens with one attached hydrogen (secondary N) is 1. The lowest BCUT2D eigenvalue weighted by Crippen LogP contribution is -2.38. The Morgan fingerprint density at radius 3 is 3.07 bits per heavy atom. The van der Waals surface area contributed by atoms with E-state index in [2.05, 4.69) is 5.32 Å². The van der Waals surface area contributed by atoms with Gasteiger partial charge in [-0.2, -0.15) is 0 Å². The van der Waals surface area contributed by atoms with Crippen LogP contribution < -0.4 is 10.1 Å². The van der Waals surface area contributed by atoms with Gasteiger partial charge in [-0.1, -0.05) is 12.5 Å². The smallest absolute Gasteiger partial charge is 0.126 e. The minimum absolute atomic E-state index is 0.246. The van der Waals surface area contributed by atoms with Crippen molar-refractivity contribution in [3.63, 3.8) is 0 Å². The van der Waals surface area contributed by atoms with Gasteiger partial charge in [0.2, 0.25) is 0 Å². The van der Waals surface area contributed by atoms with Gasteiger partial charge in [0.1, 0.15) is 18.2 Å². The molecule has 0 saturated carbocycles. The van der Waals surface area contributed by atoms with Crippen molar-refractivity contribution in [2.75, 3.05) is 13.2 Å². The van der Waals surface area contributed by atoms with Crippen LogP contribution in [0.1, 0.15) is 19.3 Å². The molecule has 0 aliphatic carbocycles. The van der Waals surface area contributed by atoms with Gasteiger partial charge in [-0.3, -0.25) is 0 Å². The van der Waals surface area contributed by atoms with E-state index >= 15 is 0 Å². The third kappa shape index (κ3) is 3.20. The SMILES string of the molecule is Fc1cccc(OC[C@H]2CCCCN2)c1. The highest BCUT2D eigenvalue weighted by Crippen LogP contribution is 2.14. The Kier molecular flexibility index (Phi) is 3.56. The maximum atomic E-state index is 12.8. The molecule has 0 spiro atoms. The summed E-state index contributed by atoms with van der Waals surface area (Å²) in [5.74, 6) is 0.367. The van der Waals surface area contributed by atoms with Gasteiger partial charge in [0.25, 0.3) is 0 Å². The Labute approximate surface area is 89.4 Å². The highest BCUT2D eigenvalue weighted by atomic mass is 19.1. The molecule has 2 nitrogen and oxygen atoms in total. The summed E-state index contributed by atoms with van der Waals surface area (Å²) in [6, 6.07) is 6.71. The molecule has 82 valence electrons. The first kappa shape index (κ1) is 10.4. The summed E-state index contributed by atoms with van der Waals surface area (Å²) >= 11 is 0. The number of rotatable bonds is 3. The second kappa shape index (κ2) is 5.12. The van der Waals surface area contributed by atoms with Crippen LogP contribution in [0.4, 0.5) is 4.39 Å². The fourth-order valence-electron chi connectivity index (χ4n) is 1.82. The summed E-state index contributed by atoms with van der Waals surface area (Å²) in [6.07, 6.45) is 3.65. The zero-order valence-electron chi connectivity index (χ0n) is 8.71. The molecule has 1 aromatic rings. The molecule has 1 aromatic carbocycles. The summed E-state index contributed by atoms with van der Waals surface area (Å²) in [7, 11) is 0. The van der Waals surface area contributed by atoms with Crippen LogP contribution >= 0.6 is 0 Å². The number of hydrogen-bond donors (Lipinski definition) is 1. The molecule has 0 bridgehead atoms. The Hall–Kier alpha value is -1.09. The summed E-state index contributed by atoms with van der Waals surface area (Å²) < 4.78 is 18.4. The van der Waals surface area contributed by atoms with Crippen molar-refractivity contribution in [1.82, 2.24) is 5.32 Å². The van der Waals surface area contributed by atoms with Gasteiger partial charge in [-0.25, -0.2) is 4.39 Å². The largest absolute Gasteiger partial charge is 0.492 e. The fourth-order valence-corrected chi connectivity index (χ4v) is 1.82. The van der Waals surface area contributed by atoms with Gasteiger partial charge in [0.05, 0.1) is 0 Å². The molecular formula is C12H16FNO. The molecule has 2 rings (SSSR count). The van der Waals surface area contributed by atoms with Crippen LogP contribution in [-0.4, -0.2) is 19.2 Å². The van der Waals surface area contributed by atoms with Crippen molar-refractivity contribution in [2.45, 2.75) is 25.3 Å². The van der Waals surface area contributed by atoms with Crippen molar-refractivity contribution >= 4 is 0 Å². The molecule has 1 aliphatic rings. The van der Waals surface area contributed by atoms with Gasteiger partial charge in [-0.05, 0) is 31.5 Å². The molecule has 0 aromatic heterocycles. The van der Waals surface area contributed by atoms with E-state index in [-0.39, 0.29) is 5.82 Å². The van der Waals surface area contributed by atoms with Gasteiger partial charge in [0, 0.05) is 12.1 Å². The molecule has 1 aliphatic heterocycles. The normalized spacial score (nSPS) is 21.3. The molecule has 1 saturated heterocycles. The molecule has 0 amide bonds. The quantitative estimate of drug-likeness (QED) is 0.825. The summed E-state index contributed by atoms with van der Waals surface area (Å²) in [5.41, 5.74) is 0. The standard InChI is InChI=1S/C12H16FNO/c13-10-4-3-6-12(8-10)15-9-11-5-1-2-7-14-11/h3-4,6,8,11,14H,1-2,5,7,9H2/t11-/m1/s1. The van der Waals surface area contributed by atoms with Crippen LogP contribution in [0.15, 0.2) is 24.3 Å². The Bertz CT molecular complexity index is 310. The van der Waals surface area contributed by atoms with Gasteiger partial charge >= 0.3 is 0 Å². The van der Waals surface area contributed by atoms with Crippen LogP contribution in [0, 0.1) is 5.82 Å². The molecular weight excluding hydrogens is 193 g/mol. The zero-order valence-corrected chi connectivity index (χ0v) is 8.71. The predicted molar refractivity (Wildman–Crippen MR) is 57.5 cm³/mol. The molecule has 15 heavy (non-hydrogen) atoms. The zero-order chi connectivity index (χ0) is 10.5. The molecule has 1 atom stereocenters. The third-order valence-corrected chi connectivity index (χ3v) is 2.66. The predicted octanol–water partition coefficient (Wildman–Crippen LogP) is 2.35. The number of ether oxygens (including phenoxy) is 1. The van der Waals surface area contributed by atoms with Crippen LogP contribution in [0.2, 0.25) is 0 Å². The second-order valence-corrected chi connectivity index (χ2v) is 3.92. The molecule has 0 radical (unpaired) electrons. The van der Waals surface area contributed by atoms with E-state index in [0.29, 0.717) is 18.4 Å². The minimum Gasteiger partial charge on any atom is -0.492 e. The van der Waals surface area contributed by atoms with Crippen LogP contribution in [0.5, 0.6) is 5.75 Å². The average Bonchev–Trinajstić information content (AvgIpc) is 2.28. The maximum absolute atomic E-state index is 12.8. The number of piperidine rings is 1. The highest BCUT2D eigenvalue weighted by Gasteiger charge is 2.12. The molecule has 1 fully saturated rings. The van der Waals surface area contributed by atoms with Crippen LogP contribution in [0.3, 0.4) is 0 Å². The van der Waals surface area contributed by atoms with E-state index in [9.17, 15) is 4.39 Å².